The molecule has 26 heavy (non-hydrogen) atoms. The number of sulfonamides is 1. The van der Waals surface area contributed by atoms with Crippen molar-refractivity contribution in [1.82, 2.24) is 9.62 Å². The molecule has 0 saturated carbocycles. The van der Waals surface area contributed by atoms with E-state index >= 15 is 0 Å². The molecule has 1 atom stereocenters. The highest BCUT2D eigenvalue weighted by molar-refractivity contribution is 7.92. The molecule has 2 heterocycles. The molecule has 6 heteroatoms. The van der Waals surface area contributed by atoms with Gasteiger partial charge in [-0.15, -0.1) is 11.3 Å². The molecule has 4 nitrogen and oxygen atoms in total. The van der Waals surface area contributed by atoms with Gasteiger partial charge in [-0.05, 0) is 54.9 Å². The maximum Gasteiger partial charge on any atom is 0.233 e. The summed E-state index contributed by atoms with van der Waals surface area (Å²) in [6.07, 6.45) is 3.97. The van der Waals surface area contributed by atoms with Crippen LogP contribution in [0.25, 0.3) is 6.08 Å². The van der Waals surface area contributed by atoms with E-state index in [-0.39, 0.29) is 6.04 Å². The molecule has 140 valence electrons. The quantitative estimate of drug-likeness (QED) is 0.774. The standard InChI is InChI=1S/C20H26N2O2S2/c1-17-9-12-22(13-10-17)19(20-8-5-14-25-20)16-21-26(23,24)15-11-18-6-3-2-4-7-18/h2-8,11,14-15,17,19,21H,9-10,12-13,16H2,1H3/b15-11+. The van der Waals surface area contributed by atoms with Crippen LogP contribution in [0, 0.1) is 5.92 Å². The molecule has 2 aromatic rings. The summed E-state index contributed by atoms with van der Waals surface area (Å²) < 4.78 is 27.6. The molecular weight excluding hydrogens is 364 g/mol. The zero-order valence-electron chi connectivity index (χ0n) is 15.0. The second-order valence-electron chi connectivity index (χ2n) is 6.86. The van der Waals surface area contributed by atoms with Gasteiger partial charge in [-0.3, -0.25) is 4.90 Å². The number of nitrogens with zero attached hydrogens (tertiary/aromatic N) is 1. The number of nitrogens with one attached hydrogen (secondary N) is 1. The highest BCUT2D eigenvalue weighted by Gasteiger charge is 2.26. The first-order chi connectivity index (χ1) is 12.5. The molecule has 0 bridgehead atoms. The molecule has 0 radical (unpaired) electrons. The van der Waals surface area contributed by atoms with E-state index < -0.39 is 10.0 Å². The lowest BCUT2D eigenvalue weighted by atomic mass is 9.97. The fourth-order valence-electron chi connectivity index (χ4n) is 3.21. The van der Waals surface area contributed by atoms with Gasteiger partial charge in [0.25, 0.3) is 0 Å². The smallest absolute Gasteiger partial charge is 0.233 e. The first-order valence-electron chi connectivity index (χ1n) is 9.04. The first kappa shape index (κ1) is 19.3. The molecule has 1 aliphatic rings. The largest absolute Gasteiger partial charge is 0.294 e. The Morgan fingerprint density at radius 1 is 1.19 bits per heavy atom. The fraction of sp³-hybridized carbons (Fsp3) is 0.400. The van der Waals surface area contributed by atoms with Crippen molar-refractivity contribution in [3.8, 4) is 0 Å². The van der Waals surface area contributed by atoms with E-state index in [4.69, 9.17) is 0 Å². The second kappa shape index (κ2) is 8.95. The zero-order chi connectivity index (χ0) is 18.4. The minimum atomic E-state index is -3.47. The van der Waals surface area contributed by atoms with Crippen LogP contribution in [-0.4, -0.2) is 33.0 Å². The lowest BCUT2D eigenvalue weighted by Gasteiger charge is -2.36. The number of thiophene rings is 1. The number of likely N-dealkylation sites (tertiary alicyclic amines) is 1. The van der Waals surface area contributed by atoms with Crippen LogP contribution in [0.2, 0.25) is 0 Å². The number of benzene rings is 1. The maximum atomic E-state index is 12.4. The zero-order valence-corrected chi connectivity index (χ0v) is 16.7. The Morgan fingerprint density at radius 3 is 2.58 bits per heavy atom. The maximum absolute atomic E-state index is 12.4. The molecule has 0 spiro atoms. The van der Waals surface area contributed by atoms with Gasteiger partial charge in [0.2, 0.25) is 10.0 Å². The Balaban J connectivity index is 1.66. The molecular formula is C20H26N2O2S2. The molecule has 1 aromatic heterocycles. The minimum absolute atomic E-state index is 0.0994. The Bertz CT molecular complexity index is 794. The van der Waals surface area contributed by atoms with E-state index in [1.54, 1.807) is 17.4 Å². The number of hydrogen-bond donors (Lipinski definition) is 1. The summed E-state index contributed by atoms with van der Waals surface area (Å²) >= 11 is 1.69. The highest BCUT2D eigenvalue weighted by atomic mass is 32.2. The van der Waals surface area contributed by atoms with Crippen LogP contribution in [0.4, 0.5) is 0 Å². The van der Waals surface area contributed by atoms with Crippen molar-refractivity contribution < 1.29 is 8.42 Å². The lowest BCUT2D eigenvalue weighted by Crippen LogP contribution is -2.41. The fourth-order valence-corrected chi connectivity index (χ4v) is 4.89. The molecule has 1 aliphatic heterocycles. The summed E-state index contributed by atoms with van der Waals surface area (Å²) in [5.74, 6) is 0.751. The third-order valence-corrected chi connectivity index (χ3v) is 6.88. The highest BCUT2D eigenvalue weighted by Crippen LogP contribution is 2.29. The number of rotatable bonds is 7. The Hall–Kier alpha value is -1.47. The summed E-state index contributed by atoms with van der Waals surface area (Å²) in [6.45, 7) is 4.72. The molecule has 1 saturated heterocycles. The average Bonchev–Trinajstić information content (AvgIpc) is 3.17. The van der Waals surface area contributed by atoms with Crippen molar-refractivity contribution >= 4 is 27.4 Å². The number of piperidine rings is 1. The molecule has 1 unspecified atom stereocenters. The van der Waals surface area contributed by atoms with E-state index in [1.807, 2.05) is 36.4 Å². The summed E-state index contributed by atoms with van der Waals surface area (Å²) in [5.41, 5.74) is 0.873. The summed E-state index contributed by atoms with van der Waals surface area (Å²) in [4.78, 5) is 3.63. The first-order valence-corrected chi connectivity index (χ1v) is 11.5. The van der Waals surface area contributed by atoms with Gasteiger partial charge in [-0.2, -0.15) is 0 Å². The van der Waals surface area contributed by atoms with Crippen LogP contribution >= 0.6 is 11.3 Å². The molecule has 1 N–H and O–H groups in total. The average molecular weight is 391 g/mol. The Labute approximate surface area is 160 Å². The van der Waals surface area contributed by atoms with Crippen molar-refractivity contribution in [1.29, 1.82) is 0 Å². The molecule has 1 fully saturated rings. The van der Waals surface area contributed by atoms with E-state index in [2.05, 4.69) is 28.0 Å². The monoisotopic (exact) mass is 390 g/mol. The van der Waals surface area contributed by atoms with Gasteiger partial charge in [-0.1, -0.05) is 43.3 Å². The van der Waals surface area contributed by atoms with Gasteiger partial charge in [0.05, 0.1) is 6.04 Å². The summed E-state index contributed by atoms with van der Waals surface area (Å²) in [6, 6.07) is 13.7. The van der Waals surface area contributed by atoms with Crippen molar-refractivity contribution in [2.75, 3.05) is 19.6 Å². The van der Waals surface area contributed by atoms with Gasteiger partial charge in [0.15, 0.2) is 0 Å². The predicted octanol–water partition coefficient (Wildman–Crippen LogP) is 4.11. The predicted molar refractivity (Wildman–Crippen MR) is 109 cm³/mol. The van der Waals surface area contributed by atoms with Crippen LogP contribution in [0.5, 0.6) is 0 Å². The molecule has 0 aliphatic carbocycles. The van der Waals surface area contributed by atoms with Crippen LogP contribution in [0.1, 0.15) is 36.2 Å². The second-order valence-corrected chi connectivity index (χ2v) is 9.49. The van der Waals surface area contributed by atoms with Gasteiger partial charge >= 0.3 is 0 Å². The normalized spacial score (nSPS) is 18.3. The van der Waals surface area contributed by atoms with Crippen molar-refractivity contribution in [2.45, 2.75) is 25.8 Å². The third kappa shape index (κ3) is 5.51. The summed E-state index contributed by atoms with van der Waals surface area (Å²) in [7, 11) is -3.47. The molecule has 3 rings (SSSR count). The van der Waals surface area contributed by atoms with Crippen LogP contribution < -0.4 is 4.72 Å². The lowest BCUT2D eigenvalue weighted by molar-refractivity contribution is 0.141. The van der Waals surface area contributed by atoms with E-state index in [0.29, 0.717) is 6.54 Å². The SMILES string of the molecule is CC1CCN(C(CNS(=O)(=O)/C=C/c2ccccc2)c2cccs2)CC1. The topological polar surface area (TPSA) is 49.4 Å². The van der Waals surface area contributed by atoms with Crippen molar-refractivity contribution in [2.24, 2.45) is 5.92 Å². The Kier molecular flexibility index (Phi) is 6.64. The molecule has 0 amide bonds. The van der Waals surface area contributed by atoms with Crippen molar-refractivity contribution in [3.05, 3.63) is 63.7 Å². The van der Waals surface area contributed by atoms with Crippen LogP contribution in [-0.2, 0) is 10.0 Å². The van der Waals surface area contributed by atoms with E-state index in [9.17, 15) is 8.42 Å². The van der Waals surface area contributed by atoms with Crippen LogP contribution in [0.3, 0.4) is 0 Å². The van der Waals surface area contributed by atoms with E-state index in [1.165, 1.54) is 23.1 Å². The van der Waals surface area contributed by atoms with E-state index in [0.717, 1.165) is 24.6 Å². The Morgan fingerprint density at radius 2 is 1.92 bits per heavy atom. The minimum Gasteiger partial charge on any atom is -0.294 e. The van der Waals surface area contributed by atoms with Gasteiger partial charge < -0.3 is 0 Å². The third-order valence-electron chi connectivity index (χ3n) is 4.85. The van der Waals surface area contributed by atoms with Crippen molar-refractivity contribution in [3.63, 3.8) is 0 Å². The summed E-state index contributed by atoms with van der Waals surface area (Å²) in [5, 5.41) is 3.31. The van der Waals surface area contributed by atoms with Crippen LogP contribution in [0.15, 0.2) is 53.3 Å². The van der Waals surface area contributed by atoms with Gasteiger partial charge in [0.1, 0.15) is 0 Å². The molecule has 1 aromatic carbocycles. The number of hydrogen-bond acceptors (Lipinski definition) is 4. The van der Waals surface area contributed by atoms with Gasteiger partial charge in [-0.25, -0.2) is 13.1 Å². The van der Waals surface area contributed by atoms with Gasteiger partial charge in [0, 0.05) is 16.8 Å².